The van der Waals surface area contributed by atoms with E-state index in [-0.39, 0.29) is 11.9 Å². The minimum Gasteiger partial charge on any atom is -0.335 e. The molecule has 1 aliphatic rings. The van der Waals surface area contributed by atoms with Crippen molar-refractivity contribution in [3.63, 3.8) is 0 Å². The summed E-state index contributed by atoms with van der Waals surface area (Å²) in [5.41, 5.74) is 4.06. The summed E-state index contributed by atoms with van der Waals surface area (Å²) in [5.74, 6) is 0.0119. The number of allylic oxidation sites excluding steroid dienone is 1. The molecular weight excluding hydrogens is 410 g/mol. The molecule has 1 N–H and O–H groups in total. The van der Waals surface area contributed by atoms with Crippen LogP contribution < -0.4 is 5.32 Å². The second-order valence-corrected chi connectivity index (χ2v) is 8.30. The molecule has 1 aliphatic heterocycles. The topological polar surface area (TPSA) is 61.4 Å². The highest BCUT2D eigenvalue weighted by molar-refractivity contribution is 5.92. The summed E-state index contributed by atoms with van der Waals surface area (Å²) in [6.45, 7) is 8.52. The van der Waals surface area contributed by atoms with E-state index < -0.39 is 0 Å². The minimum absolute atomic E-state index is 0.0119. The van der Waals surface area contributed by atoms with Crippen LogP contribution in [-0.2, 0) is 13.0 Å². The summed E-state index contributed by atoms with van der Waals surface area (Å²) in [6, 6.07) is 20.4. The first-order valence-electron chi connectivity index (χ1n) is 11.5. The number of pyridine rings is 2. The first kappa shape index (κ1) is 22.8. The molecule has 4 rings (SSSR count). The van der Waals surface area contributed by atoms with Crippen LogP contribution in [0.4, 0.5) is 0 Å². The van der Waals surface area contributed by atoms with Gasteiger partial charge in [0.1, 0.15) is 5.69 Å². The Bertz CT molecular complexity index is 1020. The van der Waals surface area contributed by atoms with E-state index in [2.05, 4.69) is 51.0 Å². The number of rotatable bonds is 9. The Hall–Kier alpha value is -3.35. The van der Waals surface area contributed by atoms with Crippen molar-refractivity contribution < 1.29 is 4.79 Å². The Kier molecular flexibility index (Phi) is 7.95. The van der Waals surface area contributed by atoms with E-state index in [1.807, 2.05) is 47.5 Å². The Balaban J connectivity index is 1.39. The molecule has 1 amide bonds. The number of amides is 1. The smallest absolute Gasteiger partial charge is 0.272 e. The summed E-state index contributed by atoms with van der Waals surface area (Å²) in [6.07, 6.45) is 6.30. The van der Waals surface area contributed by atoms with E-state index in [9.17, 15) is 4.79 Å². The lowest BCUT2D eigenvalue weighted by Crippen LogP contribution is -2.50. The number of carbonyl (C=O) groups excluding carboxylic acids is 1. The monoisotopic (exact) mass is 441 g/mol. The van der Waals surface area contributed by atoms with Crippen molar-refractivity contribution in [1.82, 2.24) is 25.1 Å². The number of aromatic nitrogens is 2. The van der Waals surface area contributed by atoms with Gasteiger partial charge >= 0.3 is 0 Å². The number of hydrogen-bond donors (Lipinski definition) is 1. The molecule has 33 heavy (non-hydrogen) atoms. The Morgan fingerprint density at radius 1 is 0.970 bits per heavy atom. The quantitative estimate of drug-likeness (QED) is 0.515. The van der Waals surface area contributed by atoms with Gasteiger partial charge in [0.25, 0.3) is 5.91 Å². The number of nitrogens with one attached hydrogen (secondary N) is 1. The van der Waals surface area contributed by atoms with Crippen LogP contribution in [0.25, 0.3) is 0 Å². The maximum absolute atomic E-state index is 12.7. The normalized spacial score (nSPS) is 15.2. The molecule has 1 aromatic carbocycles. The first-order chi connectivity index (χ1) is 16.2. The van der Waals surface area contributed by atoms with E-state index in [1.165, 1.54) is 11.1 Å². The largest absolute Gasteiger partial charge is 0.335 e. The van der Waals surface area contributed by atoms with E-state index in [4.69, 9.17) is 0 Å². The highest BCUT2D eigenvalue weighted by Gasteiger charge is 2.25. The highest BCUT2D eigenvalue weighted by Crippen LogP contribution is 2.18. The van der Waals surface area contributed by atoms with Gasteiger partial charge in [0.15, 0.2) is 0 Å². The van der Waals surface area contributed by atoms with Crippen molar-refractivity contribution in [1.29, 1.82) is 0 Å². The predicted molar refractivity (Wildman–Crippen MR) is 131 cm³/mol. The fourth-order valence-electron chi connectivity index (χ4n) is 4.11. The minimum atomic E-state index is 0.0119. The highest BCUT2D eigenvalue weighted by atomic mass is 16.2. The zero-order chi connectivity index (χ0) is 22.9. The molecule has 3 aromatic rings. The van der Waals surface area contributed by atoms with Crippen molar-refractivity contribution in [3.8, 4) is 0 Å². The van der Waals surface area contributed by atoms with Crippen LogP contribution in [-0.4, -0.2) is 58.4 Å². The Labute approximate surface area is 196 Å². The standard InChI is InChI=1S/C27H31N5O/c1-2-7-22-10-12-23(13-11-22)26(30-20-24-8-3-5-14-28-24)21-31-16-18-32(19-17-31)27(33)25-9-4-6-15-29-25/h2-6,8-15,26,30H,1,7,16-21H2. The second kappa shape index (κ2) is 11.5. The van der Waals surface area contributed by atoms with Gasteiger partial charge in [0.05, 0.1) is 5.69 Å². The van der Waals surface area contributed by atoms with E-state index in [0.717, 1.165) is 31.7 Å². The van der Waals surface area contributed by atoms with Crippen LogP contribution in [0.5, 0.6) is 0 Å². The van der Waals surface area contributed by atoms with Crippen molar-refractivity contribution in [2.75, 3.05) is 32.7 Å². The van der Waals surface area contributed by atoms with Crippen molar-refractivity contribution in [2.45, 2.75) is 19.0 Å². The zero-order valence-electron chi connectivity index (χ0n) is 18.9. The van der Waals surface area contributed by atoms with Crippen LogP contribution in [0.1, 0.15) is 33.4 Å². The SMILES string of the molecule is C=CCc1ccc(C(CN2CCN(C(=O)c3ccccn3)CC2)NCc2ccccn2)cc1. The lowest BCUT2D eigenvalue weighted by molar-refractivity contribution is 0.0619. The molecule has 1 saturated heterocycles. The summed E-state index contributed by atoms with van der Waals surface area (Å²) in [4.78, 5) is 25.7. The van der Waals surface area contributed by atoms with Gasteiger partial charge < -0.3 is 10.2 Å². The van der Waals surface area contributed by atoms with Gasteiger partial charge in [-0.15, -0.1) is 6.58 Å². The summed E-state index contributed by atoms with van der Waals surface area (Å²) < 4.78 is 0. The molecule has 6 nitrogen and oxygen atoms in total. The molecule has 0 spiro atoms. The molecule has 1 unspecified atom stereocenters. The molecule has 0 aliphatic carbocycles. The maximum Gasteiger partial charge on any atom is 0.272 e. The van der Waals surface area contributed by atoms with E-state index in [1.54, 1.807) is 12.3 Å². The number of nitrogens with zero attached hydrogens (tertiary/aromatic N) is 4. The third-order valence-corrected chi connectivity index (χ3v) is 6.00. The summed E-state index contributed by atoms with van der Waals surface area (Å²) in [7, 11) is 0. The number of carbonyl (C=O) groups is 1. The second-order valence-electron chi connectivity index (χ2n) is 8.30. The number of hydrogen-bond acceptors (Lipinski definition) is 5. The van der Waals surface area contributed by atoms with Crippen LogP contribution >= 0.6 is 0 Å². The number of piperazine rings is 1. The lowest BCUT2D eigenvalue weighted by Gasteiger charge is -2.36. The van der Waals surface area contributed by atoms with Crippen molar-refractivity contribution >= 4 is 5.91 Å². The Morgan fingerprint density at radius 3 is 2.33 bits per heavy atom. The molecular formula is C27H31N5O. The third-order valence-electron chi connectivity index (χ3n) is 6.00. The average Bonchev–Trinajstić information content (AvgIpc) is 2.88. The summed E-state index contributed by atoms with van der Waals surface area (Å²) >= 11 is 0. The molecule has 0 bridgehead atoms. The molecule has 6 heteroatoms. The fraction of sp³-hybridized carbons (Fsp3) is 0.296. The molecule has 170 valence electrons. The fourth-order valence-corrected chi connectivity index (χ4v) is 4.11. The predicted octanol–water partition coefficient (Wildman–Crippen LogP) is 3.49. The molecule has 1 atom stereocenters. The maximum atomic E-state index is 12.7. The average molecular weight is 442 g/mol. The van der Waals surface area contributed by atoms with Crippen LogP contribution in [0, 0.1) is 0 Å². The van der Waals surface area contributed by atoms with Gasteiger partial charge in [-0.2, -0.15) is 0 Å². The Morgan fingerprint density at radius 2 is 1.70 bits per heavy atom. The van der Waals surface area contributed by atoms with Gasteiger partial charge in [-0.3, -0.25) is 19.7 Å². The first-order valence-corrected chi connectivity index (χ1v) is 11.5. The van der Waals surface area contributed by atoms with Gasteiger partial charge in [0, 0.05) is 57.7 Å². The van der Waals surface area contributed by atoms with Crippen LogP contribution in [0.3, 0.4) is 0 Å². The van der Waals surface area contributed by atoms with Crippen LogP contribution in [0.15, 0.2) is 85.7 Å². The van der Waals surface area contributed by atoms with Crippen LogP contribution in [0.2, 0.25) is 0 Å². The van der Waals surface area contributed by atoms with Crippen molar-refractivity contribution in [3.05, 3.63) is 108 Å². The third kappa shape index (κ3) is 6.34. The molecule has 2 aromatic heterocycles. The van der Waals surface area contributed by atoms with Gasteiger partial charge in [0.2, 0.25) is 0 Å². The molecule has 3 heterocycles. The van der Waals surface area contributed by atoms with Crippen molar-refractivity contribution in [2.24, 2.45) is 0 Å². The van der Waals surface area contributed by atoms with Gasteiger partial charge in [-0.25, -0.2) is 0 Å². The summed E-state index contributed by atoms with van der Waals surface area (Å²) in [5, 5.41) is 3.70. The van der Waals surface area contributed by atoms with Gasteiger partial charge in [-0.05, 0) is 41.8 Å². The zero-order valence-corrected chi connectivity index (χ0v) is 18.9. The number of benzene rings is 1. The van der Waals surface area contributed by atoms with Gasteiger partial charge in [-0.1, -0.05) is 42.5 Å². The van der Waals surface area contributed by atoms with E-state index >= 15 is 0 Å². The molecule has 0 saturated carbocycles. The lowest BCUT2D eigenvalue weighted by atomic mass is 10.0. The molecule has 1 fully saturated rings. The van der Waals surface area contributed by atoms with E-state index in [0.29, 0.717) is 25.3 Å². The molecule has 0 radical (unpaired) electrons.